The van der Waals surface area contributed by atoms with Crippen LogP contribution in [0.25, 0.3) is 0 Å². The van der Waals surface area contributed by atoms with E-state index in [1.807, 2.05) is 6.92 Å². The van der Waals surface area contributed by atoms with Gasteiger partial charge in [0.05, 0.1) is 0 Å². The summed E-state index contributed by atoms with van der Waals surface area (Å²) >= 11 is 12.3. The first kappa shape index (κ1) is 14.9. The van der Waals surface area contributed by atoms with Gasteiger partial charge in [-0.2, -0.15) is 0 Å². The zero-order chi connectivity index (χ0) is 8.85. The summed E-state index contributed by atoms with van der Waals surface area (Å²) in [5.74, 6) is 0.858. The van der Waals surface area contributed by atoms with E-state index in [0.717, 1.165) is 5.75 Å². The topological polar surface area (TPSA) is 87.0 Å². The molecule has 0 fully saturated rings. The van der Waals surface area contributed by atoms with Gasteiger partial charge in [0, 0.05) is 11.0 Å². The molecule has 0 bridgehead atoms. The Kier molecular flexibility index (Phi) is 10.0. The van der Waals surface area contributed by atoms with E-state index >= 15 is 0 Å². The third kappa shape index (κ3) is 10.4. The molecule has 0 aromatic heterocycles. The molecule has 0 aromatic carbocycles. The minimum atomic E-state index is 0. The zero-order valence-electron chi connectivity index (χ0n) is 6.78. The predicted molar refractivity (Wildman–Crippen MR) is 68.1 cm³/mol. The van der Waals surface area contributed by atoms with Crippen LogP contribution in [0.2, 0.25) is 0 Å². The molecule has 72 valence electrons. The van der Waals surface area contributed by atoms with E-state index in [1.54, 1.807) is 0 Å². The fraction of sp³-hybridized carbons (Fsp3) is 0.600. The molecule has 0 saturated heterocycles. The van der Waals surface area contributed by atoms with Crippen LogP contribution in [0.5, 0.6) is 0 Å². The molecule has 0 aliphatic heterocycles. The summed E-state index contributed by atoms with van der Waals surface area (Å²) in [6.07, 6.45) is 0. The van der Waals surface area contributed by atoms with Crippen molar-refractivity contribution >= 4 is 56.6 Å². The smallest absolute Gasteiger partial charge is 0.131 e. The van der Waals surface area contributed by atoms with Gasteiger partial charge in [0.15, 0.2) is 0 Å². The Balaban J connectivity index is 0. The lowest BCUT2D eigenvalue weighted by atomic mass is 10.6. The third-order valence-electron chi connectivity index (χ3n) is 0.778. The molecule has 0 aromatic rings. The van der Waals surface area contributed by atoms with E-state index in [9.17, 15) is 0 Å². The molecule has 1 unspecified atom stereocenters. The molecule has 7 N–H and O–H groups in total. The maximum Gasteiger partial charge on any atom is 0.131 e. The van der Waals surface area contributed by atoms with Crippen molar-refractivity contribution in [3.8, 4) is 0 Å². The molecule has 0 rings (SSSR count). The predicted octanol–water partition coefficient (Wildman–Crippen LogP) is 1.49. The van der Waals surface area contributed by atoms with Gasteiger partial charge in [-0.15, -0.1) is 0 Å². The van der Waals surface area contributed by atoms with Crippen molar-refractivity contribution in [3.05, 3.63) is 0 Å². The summed E-state index contributed by atoms with van der Waals surface area (Å²) in [5, 5.41) is 0.374. The van der Waals surface area contributed by atoms with Gasteiger partial charge in [-0.25, -0.2) is 0 Å². The molecule has 0 heterocycles. The van der Waals surface area contributed by atoms with Crippen LogP contribution in [-0.4, -0.2) is 19.6 Å². The first-order chi connectivity index (χ1) is 5.02. The summed E-state index contributed by atoms with van der Waals surface area (Å²) in [6, 6.07) is 0. The van der Waals surface area contributed by atoms with Gasteiger partial charge in [-0.05, 0) is 0 Å². The van der Waals surface area contributed by atoms with E-state index in [1.165, 1.54) is 23.5 Å². The summed E-state index contributed by atoms with van der Waals surface area (Å²) < 4.78 is 0.946. The van der Waals surface area contributed by atoms with Gasteiger partial charge in [-0.3, -0.25) is 0 Å². The van der Waals surface area contributed by atoms with Crippen molar-refractivity contribution in [2.45, 2.75) is 12.2 Å². The molecule has 12 heavy (non-hydrogen) atoms. The normalized spacial score (nSPS) is 11.4. The Hall–Kier alpha value is 0.440. The molecule has 0 saturated carbocycles. The molecular formula is C5H13N3S4. The van der Waals surface area contributed by atoms with E-state index in [4.69, 9.17) is 35.9 Å². The highest BCUT2D eigenvalue weighted by atomic mass is 32.2. The molecule has 0 aliphatic carbocycles. The fourth-order valence-corrected chi connectivity index (χ4v) is 2.40. The average Bonchev–Trinajstić information content (AvgIpc) is 1.82. The van der Waals surface area contributed by atoms with Crippen LogP contribution in [-0.2, 0) is 0 Å². The van der Waals surface area contributed by atoms with Crippen LogP contribution in [0.3, 0.4) is 0 Å². The first-order valence-electron chi connectivity index (χ1n) is 2.90. The molecule has 0 aliphatic rings. The van der Waals surface area contributed by atoms with Crippen molar-refractivity contribution in [2.24, 2.45) is 11.5 Å². The molecular weight excluding hydrogens is 230 g/mol. The van der Waals surface area contributed by atoms with Gasteiger partial charge in [0.1, 0.15) is 8.64 Å². The van der Waals surface area contributed by atoms with E-state index < -0.39 is 0 Å². The highest BCUT2D eigenvalue weighted by Gasteiger charge is 2.04. The van der Waals surface area contributed by atoms with Crippen molar-refractivity contribution < 1.29 is 0 Å². The van der Waals surface area contributed by atoms with Crippen LogP contribution in [0.4, 0.5) is 0 Å². The van der Waals surface area contributed by atoms with Gasteiger partial charge in [0.2, 0.25) is 0 Å². The van der Waals surface area contributed by atoms with E-state index in [0.29, 0.717) is 13.9 Å². The fourth-order valence-electron chi connectivity index (χ4n) is 0.432. The third-order valence-corrected chi connectivity index (χ3v) is 3.38. The van der Waals surface area contributed by atoms with Gasteiger partial charge in [-0.1, -0.05) is 54.9 Å². The Morgan fingerprint density at radius 3 is 2.17 bits per heavy atom. The van der Waals surface area contributed by atoms with Crippen molar-refractivity contribution in [2.75, 3.05) is 5.75 Å². The molecule has 7 heteroatoms. The second-order valence-electron chi connectivity index (χ2n) is 1.88. The van der Waals surface area contributed by atoms with E-state index in [-0.39, 0.29) is 6.15 Å². The number of hydrogen-bond donors (Lipinski definition) is 3. The second-order valence-corrected chi connectivity index (χ2v) is 5.82. The largest absolute Gasteiger partial charge is 0.385 e. The lowest BCUT2D eigenvalue weighted by Gasteiger charge is -2.07. The molecule has 0 amide bonds. The van der Waals surface area contributed by atoms with Crippen LogP contribution in [0.15, 0.2) is 0 Å². The van der Waals surface area contributed by atoms with Crippen molar-refractivity contribution in [3.63, 3.8) is 0 Å². The minimum Gasteiger partial charge on any atom is -0.385 e. The SMILES string of the molecule is CC(CSC(N)=S)SC(N)=S.N. The van der Waals surface area contributed by atoms with Crippen LogP contribution >= 0.6 is 48.0 Å². The lowest BCUT2D eigenvalue weighted by Crippen LogP contribution is -2.13. The standard InChI is InChI=1S/C5H10N2S4.H3N/c1-3(11-5(7)9)2-10-4(6)8;/h3H,2H2,1H3,(H2,6,8)(H2,7,9);1H3. The van der Waals surface area contributed by atoms with Gasteiger partial charge in [0.25, 0.3) is 0 Å². The highest BCUT2D eigenvalue weighted by Crippen LogP contribution is 2.15. The lowest BCUT2D eigenvalue weighted by molar-refractivity contribution is 1.14. The van der Waals surface area contributed by atoms with Crippen molar-refractivity contribution in [1.82, 2.24) is 6.15 Å². The Morgan fingerprint density at radius 2 is 1.83 bits per heavy atom. The highest BCUT2D eigenvalue weighted by molar-refractivity contribution is 8.25. The summed E-state index contributed by atoms with van der Waals surface area (Å²) in [5.41, 5.74) is 10.6. The average molecular weight is 243 g/mol. The number of thioether (sulfide) groups is 2. The second kappa shape index (κ2) is 8.06. The Morgan fingerprint density at radius 1 is 1.33 bits per heavy atom. The maximum atomic E-state index is 5.32. The zero-order valence-corrected chi connectivity index (χ0v) is 10.0. The Bertz CT molecular complexity index is 161. The van der Waals surface area contributed by atoms with Crippen LogP contribution in [0.1, 0.15) is 6.92 Å². The number of rotatable bonds is 3. The molecule has 1 atom stereocenters. The van der Waals surface area contributed by atoms with E-state index in [2.05, 4.69) is 0 Å². The summed E-state index contributed by atoms with van der Waals surface area (Å²) in [4.78, 5) is 0. The van der Waals surface area contributed by atoms with Gasteiger partial charge < -0.3 is 17.6 Å². The Labute approximate surface area is 92.0 Å². The number of hydrogen-bond acceptors (Lipinski definition) is 5. The minimum absolute atomic E-state index is 0. The summed E-state index contributed by atoms with van der Waals surface area (Å²) in [7, 11) is 0. The van der Waals surface area contributed by atoms with Crippen molar-refractivity contribution in [1.29, 1.82) is 0 Å². The van der Waals surface area contributed by atoms with Crippen LogP contribution < -0.4 is 17.6 Å². The molecule has 3 nitrogen and oxygen atoms in total. The maximum absolute atomic E-state index is 5.32. The first-order valence-corrected chi connectivity index (χ1v) is 5.59. The molecule has 0 radical (unpaired) electrons. The summed E-state index contributed by atoms with van der Waals surface area (Å²) in [6.45, 7) is 2.04. The quantitative estimate of drug-likeness (QED) is 0.647. The number of nitrogens with two attached hydrogens (primary N) is 2. The van der Waals surface area contributed by atoms with Crippen LogP contribution in [0, 0.1) is 0 Å². The van der Waals surface area contributed by atoms with Gasteiger partial charge >= 0.3 is 0 Å². The number of thiocarbonyl (C=S) groups is 2. The molecule has 0 spiro atoms. The monoisotopic (exact) mass is 243 g/mol.